The number of benzene rings is 1. The fraction of sp³-hybridized carbons (Fsp3) is 0.571. The highest BCUT2D eigenvalue weighted by atomic mass is 16.5. The third-order valence-corrected chi connectivity index (χ3v) is 4.06. The molecule has 0 saturated carbocycles. The Morgan fingerprint density at radius 1 is 1.22 bits per heavy atom. The number of aliphatic hydroxyl groups excluding tert-OH is 1. The van der Waals surface area contributed by atoms with Gasteiger partial charge in [0.05, 0.1) is 24.9 Å². The van der Waals surface area contributed by atoms with E-state index >= 15 is 0 Å². The van der Waals surface area contributed by atoms with Crippen LogP contribution in [0.2, 0.25) is 0 Å². The van der Waals surface area contributed by atoms with Crippen molar-refractivity contribution in [3.63, 3.8) is 0 Å². The lowest BCUT2D eigenvalue weighted by Gasteiger charge is -2.33. The van der Waals surface area contributed by atoms with Crippen molar-refractivity contribution in [2.24, 2.45) is 0 Å². The Labute approximate surface area is 107 Å². The van der Waals surface area contributed by atoms with Crippen molar-refractivity contribution in [2.75, 3.05) is 0 Å². The molecule has 0 amide bonds. The topological polar surface area (TPSA) is 52.9 Å². The molecule has 0 radical (unpaired) electrons. The van der Waals surface area contributed by atoms with Crippen LogP contribution >= 0.6 is 0 Å². The van der Waals surface area contributed by atoms with E-state index in [1.54, 1.807) is 0 Å². The second kappa shape index (κ2) is 4.97. The van der Waals surface area contributed by atoms with Gasteiger partial charge in [-0.05, 0) is 24.8 Å². The lowest BCUT2D eigenvalue weighted by atomic mass is 10.0. The molecule has 2 aliphatic heterocycles. The molecule has 98 valence electrons. The first-order valence-electron chi connectivity index (χ1n) is 6.56. The Kier molecular flexibility index (Phi) is 3.35. The van der Waals surface area contributed by atoms with Crippen LogP contribution in [0.15, 0.2) is 30.3 Å². The fourth-order valence-corrected chi connectivity index (χ4v) is 3.08. The molecule has 2 aliphatic rings. The number of hydrogen-bond acceptors (Lipinski definition) is 4. The number of piperidine rings is 1. The SMILES string of the molecule is O[C@H]1CC[C@@H]2C[C@@H](OCc3ccccc3)[C@H]1N2O. The van der Waals surface area contributed by atoms with E-state index in [1.807, 2.05) is 30.3 Å². The van der Waals surface area contributed by atoms with Crippen LogP contribution < -0.4 is 0 Å². The maximum Gasteiger partial charge on any atom is 0.0874 e. The quantitative estimate of drug-likeness (QED) is 0.853. The summed E-state index contributed by atoms with van der Waals surface area (Å²) in [6.45, 7) is 0.537. The largest absolute Gasteiger partial charge is 0.391 e. The van der Waals surface area contributed by atoms with Crippen molar-refractivity contribution in [3.8, 4) is 0 Å². The maximum atomic E-state index is 9.95. The highest BCUT2D eigenvalue weighted by molar-refractivity contribution is 5.13. The van der Waals surface area contributed by atoms with Gasteiger partial charge < -0.3 is 15.1 Å². The minimum atomic E-state index is -0.477. The average molecular weight is 249 g/mol. The van der Waals surface area contributed by atoms with E-state index in [2.05, 4.69) is 0 Å². The van der Waals surface area contributed by atoms with Crippen molar-refractivity contribution in [2.45, 2.75) is 50.2 Å². The molecule has 3 rings (SSSR count). The summed E-state index contributed by atoms with van der Waals surface area (Å²) in [5.41, 5.74) is 1.12. The molecular formula is C14H19NO3. The summed E-state index contributed by atoms with van der Waals surface area (Å²) in [5.74, 6) is 0. The number of rotatable bonds is 3. The van der Waals surface area contributed by atoms with Gasteiger partial charge in [-0.2, -0.15) is 5.06 Å². The molecule has 0 spiro atoms. The van der Waals surface area contributed by atoms with Gasteiger partial charge in [0.25, 0.3) is 0 Å². The molecule has 2 fully saturated rings. The Morgan fingerprint density at radius 3 is 2.78 bits per heavy atom. The summed E-state index contributed by atoms with van der Waals surface area (Å²) in [5, 5.41) is 21.2. The van der Waals surface area contributed by atoms with Gasteiger partial charge >= 0.3 is 0 Å². The van der Waals surface area contributed by atoms with E-state index in [1.165, 1.54) is 5.06 Å². The summed E-state index contributed by atoms with van der Waals surface area (Å²) < 4.78 is 5.88. The Morgan fingerprint density at radius 2 is 2.00 bits per heavy atom. The molecule has 0 aliphatic carbocycles. The molecule has 2 heterocycles. The van der Waals surface area contributed by atoms with Crippen molar-refractivity contribution in [1.82, 2.24) is 5.06 Å². The molecule has 1 aromatic rings. The van der Waals surface area contributed by atoms with Gasteiger partial charge in [-0.3, -0.25) is 0 Å². The standard InChI is InChI=1S/C14H19NO3/c16-12-7-6-11-8-13(14(12)15(11)17)18-9-10-4-2-1-3-5-10/h1-5,11-14,16-17H,6-9H2/t11-,12+,13-,14+/m1/s1. The predicted octanol–water partition coefficient (Wildman–Crippen LogP) is 1.56. The highest BCUT2D eigenvalue weighted by Crippen LogP contribution is 2.36. The van der Waals surface area contributed by atoms with Gasteiger partial charge in [-0.15, -0.1) is 0 Å². The van der Waals surface area contributed by atoms with Gasteiger partial charge in [0.2, 0.25) is 0 Å². The summed E-state index contributed by atoms with van der Waals surface area (Å²) in [4.78, 5) is 0. The fourth-order valence-electron chi connectivity index (χ4n) is 3.08. The minimum absolute atomic E-state index is 0.0716. The molecule has 0 aromatic heterocycles. The molecule has 2 saturated heterocycles. The zero-order valence-corrected chi connectivity index (χ0v) is 10.3. The highest BCUT2D eigenvalue weighted by Gasteiger charge is 2.48. The number of hydroxylamine groups is 2. The van der Waals surface area contributed by atoms with E-state index in [4.69, 9.17) is 4.74 Å². The summed E-state index contributed by atoms with van der Waals surface area (Å²) >= 11 is 0. The third-order valence-electron chi connectivity index (χ3n) is 4.06. The third kappa shape index (κ3) is 2.17. The summed E-state index contributed by atoms with van der Waals surface area (Å²) in [6, 6.07) is 9.89. The van der Waals surface area contributed by atoms with Crippen LogP contribution in [0, 0.1) is 0 Å². The number of aliphatic hydroxyl groups is 1. The molecule has 4 atom stereocenters. The molecule has 18 heavy (non-hydrogen) atoms. The van der Waals surface area contributed by atoms with E-state index in [0.717, 1.165) is 24.8 Å². The second-order valence-electron chi connectivity index (χ2n) is 5.24. The first kappa shape index (κ1) is 12.1. The number of hydrogen-bond donors (Lipinski definition) is 2. The summed E-state index contributed by atoms with van der Waals surface area (Å²) in [7, 11) is 0. The molecule has 1 aromatic carbocycles. The van der Waals surface area contributed by atoms with Gasteiger partial charge in [0.1, 0.15) is 0 Å². The molecular weight excluding hydrogens is 230 g/mol. The van der Waals surface area contributed by atoms with Crippen LogP contribution in [0.3, 0.4) is 0 Å². The average Bonchev–Trinajstić information content (AvgIpc) is 2.60. The summed E-state index contributed by atoms with van der Waals surface area (Å²) in [6.07, 6.45) is 1.87. The second-order valence-corrected chi connectivity index (χ2v) is 5.24. The number of fused-ring (bicyclic) bond motifs is 2. The molecule has 2 bridgehead atoms. The lowest BCUT2D eigenvalue weighted by molar-refractivity contribution is -0.193. The molecule has 0 unspecified atom stereocenters. The van der Waals surface area contributed by atoms with Crippen molar-refractivity contribution < 1.29 is 15.1 Å². The Hall–Kier alpha value is -0.940. The van der Waals surface area contributed by atoms with Crippen LogP contribution in [0.1, 0.15) is 24.8 Å². The zero-order chi connectivity index (χ0) is 12.5. The van der Waals surface area contributed by atoms with E-state index in [0.29, 0.717) is 6.61 Å². The van der Waals surface area contributed by atoms with Crippen molar-refractivity contribution in [3.05, 3.63) is 35.9 Å². The number of ether oxygens (including phenoxy) is 1. The first-order chi connectivity index (χ1) is 8.75. The Bertz CT molecular complexity index is 397. The smallest absolute Gasteiger partial charge is 0.0874 e. The van der Waals surface area contributed by atoms with Gasteiger partial charge in [-0.1, -0.05) is 30.3 Å². The normalized spacial score (nSPS) is 35.9. The van der Waals surface area contributed by atoms with Crippen LogP contribution in [0.25, 0.3) is 0 Å². The van der Waals surface area contributed by atoms with Crippen LogP contribution in [0.4, 0.5) is 0 Å². The van der Waals surface area contributed by atoms with Crippen LogP contribution in [0.5, 0.6) is 0 Å². The molecule has 2 N–H and O–H groups in total. The maximum absolute atomic E-state index is 9.95. The van der Waals surface area contributed by atoms with E-state index < -0.39 is 6.10 Å². The van der Waals surface area contributed by atoms with Crippen LogP contribution in [-0.2, 0) is 11.3 Å². The Balaban J connectivity index is 1.63. The number of nitrogens with zero attached hydrogens (tertiary/aromatic N) is 1. The van der Waals surface area contributed by atoms with Crippen molar-refractivity contribution in [1.29, 1.82) is 0 Å². The monoisotopic (exact) mass is 249 g/mol. The van der Waals surface area contributed by atoms with E-state index in [9.17, 15) is 10.3 Å². The van der Waals surface area contributed by atoms with E-state index in [-0.39, 0.29) is 18.2 Å². The van der Waals surface area contributed by atoms with Crippen molar-refractivity contribution >= 4 is 0 Å². The lowest BCUT2D eigenvalue weighted by Crippen LogP contribution is -2.49. The minimum Gasteiger partial charge on any atom is -0.391 e. The molecule has 4 heteroatoms. The van der Waals surface area contributed by atoms with Gasteiger partial charge in [-0.25, -0.2) is 0 Å². The molecule has 4 nitrogen and oxygen atoms in total. The zero-order valence-electron chi connectivity index (χ0n) is 10.3. The van der Waals surface area contributed by atoms with Gasteiger partial charge in [0.15, 0.2) is 0 Å². The van der Waals surface area contributed by atoms with Gasteiger partial charge in [0, 0.05) is 6.04 Å². The predicted molar refractivity (Wildman–Crippen MR) is 66.1 cm³/mol. The first-order valence-corrected chi connectivity index (χ1v) is 6.56. The van der Waals surface area contributed by atoms with Crippen LogP contribution in [-0.4, -0.2) is 39.7 Å².